The fourth-order valence-electron chi connectivity index (χ4n) is 1.26. The Labute approximate surface area is 91.7 Å². The highest BCUT2D eigenvalue weighted by atomic mass is 79.9. The Morgan fingerprint density at radius 1 is 1.50 bits per heavy atom. The molecule has 0 bridgehead atoms. The van der Waals surface area contributed by atoms with Gasteiger partial charge in [-0.2, -0.15) is 0 Å². The van der Waals surface area contributed by atoms with E-state index in [4.69, 9.17) is 10.8 Å². The molecule has 1 rings (SSSR count). The summed E-state index contributed by atoms with van der Waals surface area (Å²) >= 11 is 3.25. The molecule has 78 valence electrons. The summed E-state index contributed by atoms with van der Waals surface area (Å²) in [4.78, 5) is 0. The topological polar surface area (TPSA) is 66.5 Å². The molecule has 0 saturated carbocycles. The summed E-state index contributed by atoms with van der Waals surface area (Å²) in [5.74, 6) is 0.115. The van der Waals surface area contributed by atoms with Crippen LogP contribution in [-0.4, -0.2) is 16.8 Å². The molecule has 4 heteroatoms. The maximum absolute atomic E-state index is 9.68. The zero-order valence-electron chi connectivity index (χ0n) is 8.00. The molecule has 0 aliphatic heterocycles. The predicted octanol–water partition coefficient (Wildman–Crippen LogP) is 1.71. The number of benzene rings is 1. The molecule has 0 fully saturated rings. The van der Waals surface area contributed by atoms with E-state index < -0.39 is 6.04 Å². The first-order valence-electron chi connectivity index (χ1n) is 4.47. The Morgan fingerprint density at radius 2 is 2.14 bits per heavy atom. The molecule has 0 spiro atoms. The lowest BCUT2D eigenvalue weighted by Gasteiger charge is -2.13. The van der Waals surface area contributed by atoms with Gasteiger partial charge in [0.15, 0.2) is 0 Å². The van der Waals surface area contributed by atoms with Crippen LogP contribution in [0.1, 0.15) is 24.1 Å². The average molecular weight is 260 g/mol. The van der Waals surface area contributed by atoms with Gasteiger partial charge >= 0.3 is 0 Å². The number of aliphatic hydroxyl groups is 1. The van der Waals surface area contributed by atoms with Crippen molar-refractivity contribution in [3.63, 3.8) is 0 Å². The van der Waals surface area contributed by atoms with Crippen molar-refractivity contribution < 1.29 is 10.2 Å². The monoisotopic (exact) mass is 259 g/mol. The van der Waals surface area contributed by atoms with Gasteiger partial charge in [-0.1, -0.05) is 13.0 Å². The van der Waals surface area contributed by atoms with Gasteiger partial charge in [0.25, 0.3) is 0 Å². The second-order valence-electron chi connectivity index (χ2n) is 3.16. The lowest BCUT2D eigenvalue weighted by atomic mass is 10.0. The second kappa shape index (κ2) is 4.77. The molecule has 0 saturated heterocycles. The van der Waals surface area contributed by atoms with Gasteiger partial charge in [0.2, 0.25) is 0 Å². The number of aryl methyl sites for hydroxylation is 1. The predicted molar refractivity (Wildman–Crippen MR) is 59.2 cm³/mol. The lowest BCUT2D eigenvalue weighted by Crippen LogP contribution is -2.15. The highest BCUT2D eigenvalue weighted by Gasteiger charge is 2.13. The van der Waals surface area contributed by atoms with Crippen molar-refractivity contribution in [1.29, 1.82) is 0 Å². The van der Waals surface area contributed by atoms with Crippen molar-refractivity contribution in [1.82, 2.24) is 0 Å². The van der Waals surface area contributed by atoms with E-state index in [1.807, 2.05) is 19.1 Å². The second-order valence-corrected chi connectivity index (χ2v) is 4.01. The molecule has 1 atom stereocenters. The fraction of sp³-hybridized carbons (Fsp3) is 0.400. The quantitative estimate of drug-likeness (QED) is 0.775. The van der Waals surface area contributed by atoms with Crippen LogP contribution in [0.5, 0.6) is 5.75 Å². The van der Waals surface area contributed by atoms with Crippen LogP contribution in [0.15, 0.2) is 16.6 Å². The molecule has 0 aromatic heterocycles. The number of phenols is 1. The Bertz CT molecular complexity index is 328. The number of hydrogen-bond acceptors (Lipinski definition) is 3. The Kier molecular flexibility index (Phi) is 3.92. The largest absolute Gasteiger partial charge is 0.506 e. The summed E-state index contributed by atoms with van der Waals surface area (Å²) in [5.41, 5.74) is 7.32. The van der Waals surface area contributed by atoms with E-state index in [0.29, 0.717) is 10.0 Å². The minimum atomic E-state index is -0.530. The van der Waals surface area contributed by atoms with Crippen LogP contribution >= 0.6 is 15.9 Å². The van der Waals surface area contributed by atoms with Gasteiger partial charge < -0.3 is 15.9 Å². The van der Waals surface area contributed by atoms with Crippen LogP contribution in [0.3, 0.4) is 0 Å². The minimum absolute atomic E-state index is 0.115. The highest BCUT2D eigenvalue weighted by Crippen LogP contribution is 2.32. The lowest BCUT2D eigenvalue weighted by molar-refractivity contribution is 0.265. The first-order valence-corrected chi connectivity index (χ1v) is 5.27. The number of rotatable bonds is 3. The van der Waals surface area contributed by atoms with E-state index in [-0.39, 0.29) is 12.4 Å². The minimum Gasteiger partial charge on any atom is -0.506 e. The molecular formula is C10H14BrNO2. The van der Waals surface area contributed by atoms with Crippen molar-refractivity contribution >= 4 is 15.9 Å². The normalized spacial score (nSPS) is 12.9. The standard InChI is InChI=1S/C10H14BrNO2/c1-2-6-3-7(9(12)5-13)10(14)8(11)4-6/h3-4,9,13-14H,2,5,12H2,1H3/t9-/m0/s1. The molecule has 1 aromatic carbocycles. The first-order chi connectivity index (χ1) is 6.60. The van der Waals surface area contributed by atoms with Crippen molar-refractivity contribution in [3.8, 4) is 5.75 Å². The highest BCUT2D eigenvalue weighted by molar-refractivity contribution is 9.10. The molecule has 0 radical (unpaired) electrons. The maximum atomic E-state index is 9.68. The molecule has 0 aliphatic carbocycles. The number of halogens is 1. The van der Waals surface area contributed by atoms with E-state index in [1.165, 1.54) is 0 Å². The first kappa shape index (κ1) is 11.5. The molecule has 0 amide bonds. The van der Waals surface area contributed by atoms with Gasteiger partial charge in [0.1, 0.15) is 5.75 Å². The summed E-state index contributed by atoms with van der Waals surface area (Å²) in [6.07, 6.45) is 0.865. The van der Waals surface area contributed by atoms with Gasteiger partial charge in [-0.05, 0) is 34.0 Å². The van der Waals surface area contributed by atoms with Crippen LogP contribution < -0.4 is 5.73 Å². The number of aromatic hydroxyl groups is 1. The molecule has 1 aromatic rings. The summed E-state index contributed by atoms with van der Waals surface area (Å²) in [7, 11) is 0. The van der Waals surface area contributed by atoms with E-state index in [0.717, 1.165) is 12.0 Å². The van der Waals surface area contributed by atoms with Gasteiger partial charge in [-0.15, -0.1) is 0 Å². The fourth-order valence-corrected chi connectivity index (χ4v) is 1.79. The van der Waals surface area contributed by atoms with Crippen LogP contribution in [0.2, 0.25) is 0 Å². The van der Waals surface area contributed by atoms with Gasteiger partial charge in [0, 0.05) is 5.56 Å². The van der Waals surface area contributed by atoms with Gasteiger partial charge in [-0.3, -0.25) is 0 Å². The molecule has 0 aliphatic rings. The summed E-state index contributed by atoms with van der Waals surface area (Å²) in [5, 5.41) is 18.6. The summed E-state index contributed by atoms with van der Waals surface area (Å²) in [6.45, 7) is 1.85. The zero-order chi connectivity index (χ0) is 10.7. The Morgan fingerprint density at radius 3 is 2.64 bits per heavy atom. The number of hydrogen-bond donors (Lipinski definition) is 3. The van der Waals surface area contributed by atoms with Gasteiger partial charge in [0.05, 0.1) is 17.1 Å². The van der Waals surface area contributed by atoms with E-state index in [9.17, 15) is 5.11 Å². The van der Waals surface area contributed by atoms with E-state index in [2.05, 4.69) is 15.9 Å². The Hall–Kier alpha value is -0.580. The van der Waals surface area contributed by atoms with Crippen molar-refractivity contribution in [2.24, 2.45) is 5.73 Å². The SMILES string of the molecule is CCc1cc(Br)c(O)c([C@@H](N)CO)c1. The molecule has 4 N–H and O–H groups in total. The third kappa shape index (κ3) is 2.26. The van der Waals surface area contributed by atoms with Crippen molar-refractivity contribution in [3.05, 3.63) is 27.7 Å². The van der Waals surface area contributed by atoms with Crippen LogP contribution in [-0.2, 0) is 6.42 Å². The number of phenolic OH excluding ortho intramolecular Hbond substituents is 1. The molecule has 3 nitrogen and oxygen atoms in total. The third-order valence-corrected chi connectivity index (χ3v) is 2.76. The van der Waals surface area contributed by atoms with Crippen LogP contribution in [0.25, 0.3) is 0 Å². The van der Waals surface area contributed by atoms with E-state index in [1.54, 1.807) is 0 Å². The van der Waals surface area contributed by atoms with Crippen LogP contribution in [0.4, 0.5) is 0 Å². The summed E-state index contributed by atoms with van der Waals surface area (Å²) < 4.78 is 0.621. The zero-order valence-corrected chi connectivity index (χ0v) is 9.58. The Balaban J connectivity index is 3.20. The average Bonchev–Trinajstić information content (AvgIpc) is 2.20. The maximum Gasteiger partial charge on any atom is 0.134 e. The number of aliphatic hydroxyl groups excluding tert-OH is 1. The third-order valence-electron chi connectivity index (χ3n) is 2.16. The van der Waals surface area contributed by atoms with Gasteiger partial charge in [-0.25, -0.2) is 0 Å². The molecule has 0 unspecified atom stereocenters. The molecule has 0 heterocycles. The number of nitrogens with two attached hydrogens (primary N) is 1. The van der Waals surface area contributed by atoms with Crippen LogP contribution in [0, 0.1) is 0 Å². The van der Waals surface area contributed by atoms with E-state index >= 15 is 0 Å². The molecular weight excluding hydrogens is 246 g/mol. The smallest absolute Gasteiger partial charge is 0.134 e. The molecule has 14 heavy (non-hydrogen) atoms. The van der Waals surface area contributed by atoms with Crippen molar-refractivity contribution in [2.45, 2.75) is 19.4 Å². The van der Waals surface area contributed by atoms with Crippen molar-refractivity contribution in [2.75, 3.05) is 6.61 Å². The summed E-state index contributed by atoms with van der Waals surface area (Å²) in [6, 6.07) is 3.14.